The molecule has 2 N–H and O–H groups in total. The molecule has 208 valence electrons. The number of nitrogens with one attached hydrogen (secondary N) is 1. The molecule has 9 nitrogen and oxygen atoms in total. The Labute approximate surface area is 239 Å². The first kappa shape index (κ1) is 27.9. The minimum Gasteiger partial charge on any atom is -0.493 e. The molecule has 0 radical (unpaired) electrons. The normalized spacial score (nSPS) is 14.7. The Kier molecular flexibility index (Phi) is 8.27. The predicted octanol–water partition coefficient (Wildman–Crippen LogP) is 5.77. The molecular weight excluding hydrogens is 546 g/mol. The molecule has 1 fully saturated rings. The molecule has 11 heteroatoms. The van der Waals surface area contributed by atoms with Crippen LogP contribution >= 0.6 is 12.2 Å². The summed E-state index contributed by atoms with van der Waals surface area (Å²) in [6.07, 6.45) is 0.930. The van der Waals surface area contributed by atoms with Crippen LogP contribution in [0.2, 0.25) is 0 Å². The average Bonchev–Trinajstić information content (AvgIpc) is 3.23. The van der Waals surface area contributed by atoms with E-state index in [0.717, 1.165) is 23.2 Å². The van der Waals surface area contributed by atoms with Gasteiger partial charge in [-0.25, -0.2) is 8.42 Å². The van der Waals surface area contributed by atoms with Gasteiger partial charge in [-0.05, 0) is 67.0 Å². The number of anilines is 1. The van der Waals surface area contributed by atoms with Gasteiger partial charge in [-0.15, -0.1) is 10.2 Å². The summed E-state index contributed by atoms with van der Waals surface area (Å²) in [6, 6.07) is 20.6. The SMILES string of the molecule is CCc1ccc(NC(=S)N=Nc2c(O)n(Cc3ccc(C)cc3)c3ccc(S(=O)(=O)N4CCOCC4)cc23)cc1. The number of fused-ring (bicyclic) bond motifs is 1. The third kappa shape index (κ3) is 5.92. The number of azo groups is 1. The van der Waals surface area contributed by atoms with Crippen LogP contribution in [0.3, 0.4) is 0 Å². The van der Waals surface area contributed by atoms with Gasteiger partial charge in [0.2, 0.25) is 21.0 Å². The number of thiocarbonyl (C=S) groups is 1. The second-order valence-corrected chi connectivity index (χ2v) is 11.9. The number of aromatic nitrogens is 1. The van der Waals surface area contributed by atoms with Gasteiger partial charge in [0.1, 0.15) is 0 Å². The van der Waals surface area contributed by atoms with E-state index in [-0.39, 0.29) is 34.7 Å². The second kappa shape index (κ2) is 11.8. The van der Waals surface area contributed by atoms with E-state index in [1.54, 1.807) is 22.8 Å². The van der Waals surface area contributed by atoms with Crippen molar-refractivity contribution in [2.24, 2.45) is 10.2 Å². The number of morpholine rings is 1. The molecule has 3 aromatic carbocycles. The monoisotopic (exact) mass is 577 g/mol. The number of rotatable bonds is 7. The van der Waals surface area contributed by atoms with Gasteiger partial charge in [-0.1, -0.05) is 48.9 Å². The summed E-state index contributed by atoms with van der Waals surface area (Å²) in [7, 11) is -3.76. The van der Waals surface area contributed by atoms with Crippen molar-refractivity contribution in [3.8, 4) is 5.88 Å². The van der Waals surface area contributed by atoms with Crippen molar-refractivity contribution in [3.63, 3.8) is 0 Å². The number of hydrogen-bond acceptors (Lipinski definition) is 6. The summed E-state index contributed by atoms with van der Waals surface area (Å²) >= 11 is 5.38. The van der Waals surface area contributed by atoms with Crippen LogP contribution in [0, 0.1) is 6.92 Å². The molecule has 1 aliphatic heterocycles. The number of sulfonamides is 1. The second-order valence-electron chi connectivity index (χ2n) is 9.62. The Bertz CT molecular complexity index is 1660. The van der Waals surface area contributed by atoms with Crippen LogP contribution in [-0.4, -0.2) is 53.8 Å². The predicted molar refractivity (Wildman–Crippen MR) is 160 cm³/mol. The smallest absolute Gasteiger partial charge is 0.243 e. The molecule has 1 aromatic heterocycles. The summed E-state index contributed by atoms with van der Waals surface area (Å²) in [5.74, 6) is -0.129. The highest BCUT2D eigenvalue weighted by atomic mass is 32.2. The molecule has 0 saturated carbocycles. The van der Waals surface area contributed by atoms with Crippen LogP contribution in [0.15, 0.2) is 81.9 Å². The number of hydrogen-bond donors (Lipinski definition) is 2. The van der Waals surface area contributed by atoms with Crippen LogP contribution in [0.5, 0.6) is 5.88 Å². The zero-order chi connectivity index (χ0) is 28.3. The largest absolute Gasteiger partial charge is 0.493 e. The van der Waals surface area contributed by atoms with Crippen LogP contribution in [0.25, 0.3) is 10.9 Å². The van der Waals surface area contributed by atoms with E-state index >= 15 is 0 Å². The fraction of sp³-hybridized carbons (Fsp3) is 0.276. The van der Waals surface area contributed by atoms with Crippen molar-refractivity contribution in [1.29, 1.82) is 0 Å². The highest BCUT2D eigenvalue weighted by molar-refractivity contribution is 7.89. The average molecular weight is 578 g/mol. The van der Waals surface area contributed by atoms with Gasteiger partial charge in [0.15, 0.2) is 5.69 Å². The van der Waals surface area contributed by atoms with E-state index in [0.29, 0.717) is 30.7 Å². The van der Waals surface area contributed by atoms with E-state index in [2.05, 4.69) is 22.5 Å². The first-order valence-corrected chi connectivity index (χ1v) is 14.9. The van der Waals surface area contributed by atoms with Gasteiger partial charge in [0.05, 0.1) is 30.2 Å². The lowest BCUT2D eigenvalue weighted by molar-refractivity contribution is 0.0730. The highest BCUT2D eigenvalue weighted by Crippen LogP contribution is 2.41. The van der Waals surface area contributed by atoms with Crippen LogP contribution in [0.1, 0.15) is 23.6 Å². The lowest BCUT2D eigenvalue weighted by atomic mass is 10.1. The summed E-state index contributed by atoms with van der Waals surface area (Å²) in [6.45, 7) is 5.72. The Morgan fingerprint density at radius 1 is 1.02 bits per heavy atom. The van der Waals surface area contributed by atoms with Crippen LogP contribution in [-0.2, 0) is 27.7 Å². The van der Waals surface area contributed by atoms with Crippen LogP contribution in [0.4, 0.5) is 11.4 Å². The lowest BCUT2D eigenvalue weighted by Crippen LogP contribution is -2.40. The lowest BCUT2D eigenvalue weighted by Gasteiger charge is -2.26. The van der Waals surface area contributed by atoms with Gasteiger partial charge in [0.25, 0.3) is 0 Å². The first-order valence-electron chi connectivity index (χ1n) is 13.1. The Morgan fingerprint density at radius 3 is 2.38 bits per heavy atom. The molecular formula is C29H31N5O4S2. The van der Waals surface area contributed by atoms with E-state index in [9.17, 15) is 13.5 Å². The van der Waals surface area contributed by atoms with Crippen LogP contribution < -0.4 is 5.32 Å². The molecule has 0 spiro atoms. The first-order chi connectivity index (χ1) is 19.3. The standard InChI is InChI=1S/C29H31N5O4S2/c1-3-21-8-10-23(11-9-21)30-29(39)32-31-27-25-18-24(40(36,37)33-14-16-38-17-15-33)12-13-26(25)34(28(27)35)19-22-6-4-20(2)5-7-22/h4-13,18,35H,3,14-17,19H2,1-2H3,(H,30,39). The maximum Gasteiger partial charge on any atom is 0.243 e. The quantitative estimate of drug-likeness (QED) is 0.213. The van der Waals surface area contributed by atoms with E-state index in [4.69, 9.17) is 17.0 Å². The zero-order valence-electron chi connectivity index (χ0n) is 22.4. The van der Waals surface area contributed by atoms with Gasteiger partial charge < -0.3 is 19.7 Å². The number of ether oxygens (including phenoxy) is 1. The fourth-order valence-electron chi connectivity index (χ4n) is 4.60. The molecule has 0 bridgehead atoms. The topological polar surface area (TPSA) is 109 Å². The number of nitrogens with zero attached hydrogens (tertiary/aromatic N) is 4. The van der Waals surface area contributed by atoms with Gasteiger partial charge >= 0.3 is 0 Å². The molecule has 1 saturated heterocycles. The maximum absolute atomic E-state index is 13.4. The molecule has 2 heterocycles. The van der Waals surface area contributed by atoms with Crippen molar-refractivity contribution >= 4 is 49.6 Å². The van der Waals surface area contributed by atoms with Crippen molar-refractivity contribution in [2.75, 3.05) is 31.6 Å². The van der Waals surface area contributed by atoms with E-state index < -0.39 is 10.0 Å². The van der Waals surface area contributed by atoms with Gasteiger partial charge in [-0.2, -0.15) is 4.31 Å². The Balaban J connectivity index is 1.52. The third-order valence-electron chi connectivity index (χ3n) is 6.90. The molecule has 0 aliphatic carbocycles. The number of benzene rings is 3. The van der Waals surface area contributed by atoms with Gasteiger partial charge in [-0.3, -0.25) is 0 Å². The third-order valence-corrected chi connectivity index (χ3v) is 8.98. The van der Waals surface area contributed by atoms with E-state index in [1.165, 1.54) is 9.87 Å². The fourth-order valence-corrected chi connectivity index (χ4v) is 6.19. The van der Waals surface area contributed by atoms with Crippen molar-refractivity contribution < 1.29 is 18.3 Å². The number of aromatic hydroxyl groups is 1. The Morgan fingerprint density at radius 2 is 1.70 bits per heavy atom. The summed E-state index contributed by atoms with van der Waals surface area (Å²) in [4.78, 5) is 0.113. The summed E-state index contributed by atoms with van der Waals surface area (Å²) in [5, 5.41) is 23.3. The summed E-state index contributed by atoms with van der Waals surface area (Å²) < 4.78 is 35.2. The molecule has 5 rings (SSSR count). The highest BCUT2D eigenvalue weighted by Gasteiger charge is 2.28. The molecule has 0 unspecified atom stereocenters. The number of aryl methyl sites for hydroxylation is 2. The molecule has 1 aliphatic rings. The molecule has 4 aromatic rings. The minimum absolute atomic E-state index is 0.111. The van der Waals surface area contributed by atoms with Gasteiger partial charge in [0, 0.05) is 24.2 Å². The Hall–Kier alpha value is -3.64. The maximum atomic E-state index is 13.4. The van der Waals surface area contributed by atoms with Crippen molar-refractivity contribution in [2.45, 2.75) is 31.7 Å². The molecule has 40 heavy (non-hydrogen) atoms. The summed E-state index contributed by atoms with van der Waals surface area (Å²) in [5.41, 5.74) is 4.84. The van der Waals surface area contributed by atoms with E-state index in [1.807, 2.05) is 55.5 Å². The minimum atomic E-state index is -3.76. The molecule has 0 atom stereocenters. The van der Waals surface area contributed by atoms with Crippen molar-refractivity contribution in [3.05, 3.63) is 83.4 Å². The zero-order valence-corrected chi connectivity index (χ0v) is 24.0. The molecule has 0 amide bonds. The van der Waals surface area contributed by atoms with Crippen molar-refractivity contribution in [1.82, 2.24) is 8.87 Å².